The van der Waals surface area contributed by atoms with E-state index in [4.69, 9.17) is 30.5 Å². The number of hydrogen-bond acceptors (Lipinski definition) is 8. The fourth-order valence-corrected chi connectivity index (χ4v) is 4.95. The molecule has 0 bridgehead atoms. The van der Waals surface area contributed by atoms with Gasteiger partial charge in [-0.2, -0.15) is 0 Å². The molecule has 38 heavy (non-hydrogen) atoms. The molecule has 0 atom stereocenters. The maximum Gasteiger partial charge on any atom is 0.189 e. The minimum absolute atomic E-state index is 0.0194. The molecule has 2 aliphatic rings. The lowest BCUT2D eigenvalue weighted by atomic mass is 10.1. The van der Waals surface area contributed by atoms with Crippen LogP contribution >= 0.6 is 11.6 Å². The van der Waals surface area contributed by atoms with Gasteiger partial charge in [-0.15, -0.1) is 0 Å². The molecule has 2 aromatic carbocycles. The molecule has 0 saturated carbocycles. The lowest BCUT2D eigenvalue weighted by Crippen LogP contribution is -2.36. The van der Waals surface area contributed by atoms with E-state index in [1.54, 1.807) is 32.7 Å². The zero-order valence-electron chi connectivity index (χ0n) is 21.5. The van der Waals surface area contributed by atoms with Gasteiger partial charge in [0.05, 0.1) is 68.1 Å². The fraction of sp³-hybridized carbons (Fsp3) is 0.357. The second kappa shape index (κ2) is 11.9. The first kappa shape index (κ1) is 26.1. The number of pyridine rings is 2. The van der Waals surface area contributed by atoms with Crippen LogP contribution in [0, 0.1) is 0 Å². The van der Waals surface area contributed by atoms with Crippen LogP contribution in [0.4, 0.5) is 11.4 Å². The molecule has 0 unspecified atom stereocenters. The number of aromatic nitrogens is 2. The Kier molecular flexibility index (Phi) is 8.17. The van der Waals surface area contributed by atoms with Crippen LogP contribution in [0.15, 0.2) is 53.6 Å². The summed E-state index contributed by atoms with van der Waals surface area (Å²) in [5.74, 6) is 1.60. The fourth-order valence-electron chi connectivity index (χ4n) is 4.75. The zero-order chi connectivity index (χ0) is 26.5. The number of halogens is 1. The van der Waals surface area contributed by atoms with Gasteiger partial charge in [0.15, 0.2) is 5.43 Å². The van der Waals surface area contributed by atoms with E-state index >= 15 is 0 Å². The molecular weight excluding hydrogens is 508 g/mol. The van der Waals surface area contributed by atoms with Crippen molar-refractivity contribution in [1.29, 1.82) is 0 Å². The predicted molar refractivity (Wildman–Crippen MR) is 150 cm³/mol. The highest BCUT2D eigenvalue weighted by Gasteiger charge is 2.18. The molecule has 4 aromatic rings. The van der Waals surface area contributed by atoms with Crippen molar-refractivity contribution in [3.8, 4) is 11.5 Å². The van der Waals surface area contributed by atoms with E-state index in [2.05, 4.69) is 25.8 Å². The lowest BCUT2D eigenvalue weighted by molar-refractivity contribution is 0.122. The van der Waals surface area contributed by atoms with Gasteiger partial charge in [-0.05, 0) is 18.2 Å². The topological polar surface area (TPSA) is 89.2 Å². The summed E-state index contributed by atoms with van der Waals surface area (Å²) in [6.07, 6.45) is 3.36. The van der Waals surface area contributed by atoms with E-state index in [0.29, 0.717) is 23.6 Å². The van der Waals surface area contributed by atoms with E-state index in [-0.39, 0.29) is 5.43 Å². The highest BCUT2D eigenvalue weighted by atomic mass is 35.5. The molecule has 2 aliphatic heterocycles. The smallest absolute Gasteiger partial charge is 0.189 e. The number of aromatic amines is 1. The summed E-state index contributed by atoms with van der Waals surface area (Å²) in [5.41, 5.74) is 3.66. The Morgan fingerprint density at radius 1 is 0.842 bits per heavy atom. The van der Waals surface area contributed by atoms with E-state index in [0.717, 1.165) is 78.7 Å². The third-order valence-corrected chi connectivity index (χ3v) is 7.08. The minimum Gasteiger partial charge on any atom is -0.495 e. The van der Waals surface area contributed by atoms with Crippen LogP contribution in [0.5, 0.6) is 11.5 Å². The quantitative estimate of drug-likeness (QED) is 0.415. The molecule has 0 radical (unpaired) electrons. The van der Waals surface area contributed by atoms with Gasteiger partial charge in [0.2, 0.25) is 0 Å². The number of nitrogens with zero attached hydrogens (tertiary/aromatic N) is 3. The van der Waals surface area contributed by atoms with Gasteiger partial charge in [-0.1, -0.05) is 11.6 Å². The van der Waals surface area contributed by atoms with Crippen molar-refractivity contribution in [1.82, 2.24) is 9.97 Å². The summed E-state index contributed by atoms with van der Waals surface area (Å²) >= 11 is 6.24. The van der Waals surface area contributed by atoms with Gasteiger partial charge in [-0.3, -0.25) is 9.78 Å². The summed E-state index contributed by atoms with van der Waals surface area (Å²) in [4.78, 5) is 23.8. The highest BCUT2D eigenvalue weighted by molar-refractivity contribution is 6.35. The number of hydrogen-bond donors (Lipinski definition) is 1. The average molecular weight is 539 g/mol. The molecule has 6 rings (SSSR count). The molecule has 0 spiro atoms. The van der Waals surface area contributed by atoms with Gasteiger partial charge in [0.25, 0.3) is 0 Å². The number of anilines is 2. The van der Waals surface area contributed by atoms with Gasteiger partial charge in [-0.25, -0.2) is 0 Å². The number of rotatable bonds is 4. The van der Waals surface area contributed by atoms with Crippen LogP contribution < -0.4 is 24.7 Å². The Balaban J connectivity index is 0.000000155. The molecular formula is C28H31ClN4O5. The first-order valence-corrected chi connectivity index (χ1v) is 12.9. The summed E-state index contributed by atoms with van der Waals surface area (Å²) in [6.45, 7) is 6.22. The van der Waals surface area contributed by atoms with Crippen molar-refractivity contribution in [3.05, 3.63) is 64.0 Å². The number of nitrogens with one attached hydrogen (secondary N) is 1. The number of fused-ring (bicyclic) bond motifs is 2. The standard InChI is InChI=1S/C14H15ClN2O2.C14H16N2O3/c1-18-14-9-12-10(11(15)2-3-16-12)8-13(14)17-4-6-19-7-5-17;1-18-14-9-11-10(13(17)2-3-15-11)8-12(14)16-4-6-19-7-5-16/h2-3,8-9H,4-7H2,1H3;2-3,8-9H,4-7H2,1H3,(H,15,17). The molecule has 0 aliphatic carbocycles. The average Bonchev–Trinajstić information content (AvgIpc) is 2.97. The molecule has 10 heteroatoms. The first-order chi connectivity index (χ1) is 18.6. The zero-order valence-corrected chi connectivity index (χ0v) is 22.3. The molecule has 1 N–H and O–H groups in total. The second-order valence-electron chi connectivity index (χ2n) is 8.94. The maximum atomic E-state index is 11.9. The lowest BCUT2D eigenvalue weighted by Gasteiger charge is -2.30. The Hall–Kier alpha value is -3.53. The van der Waals surface area contributed by atoms with Gasteiger partial charge < -0.3 is 33.7 Å². The van der Waals surface area contributed by atoms with Crippen molar-refractivity contribution in [2.75, 3.05) is 76.6 Å². The monoisotopic (exact) mass is 538 g/mol. The SMILES string of the molecule is COc1cc2[nH]ccc(=O)c2cc1N1CCOCC1.COc1cc2nccc(Cl)c2cc1N1CCOCC1. The number of morpholine rings is 2. The first-order valence-electron chi connectivity index (χ1n) is 12.6. The minimum atomic E-state index is 0.0194. The van der Waals surface area contributed by atoms with Gasteiger partial charge in [0, 0.05) is 67.5 Å². The normalized spacial score (nSPS) is 15.8. The van der Waals surface area contributed by atoms with Crippen LogP contribution in [-0.2, 0) is 9.47 Å². The number of H-pyrrole nitrogens is 1. The summed E-state index contributed by atoms with van der Waals surface area (Å²) in [6, 6.07) is 11.1. The molecule has 2 aromatic heterocycles. The number of ether oxygens (including phenoxy) is 4. The number of benzene rings is 2. The van der Waals surface area contributed by atoms with Gasteiger partial charge >= 0.3 is 0 Å². The molecule has 2 fully saturated rings. The molecule has 200 valence electrons. The Morgan fingerprint density at radius 2 is 1.42 bits per heavy atom. The van der Waals surface area contributed by atoms with E-state index < -0.39 is 0 Å². The van der Waals surface area contributed by atoms with Crippen molar-refractivity contribution in [2.45, 2.75) is 0 Å². The van der Waals surface area contributed by atoms with E-state index in [1.165, 1.54) is 6.07 Å². The van der Waals surface area contributed by atoms with E-state index in [1.807, 2.05) is 18.2 Å². The van der Waals surface area contributed by atoms with Crippen molar-refractivity contribution < 1.29 is 18.9 Å². The summed E-state index contributed by atoms with van der Waals surface area (Å²) in [7, 11) is 3.32. The maximum absolute atomic E-state index is 11.9. The van der Waals surface area contributed by atoms with Crippen molar-refractivity contribution in [2.24, 2.45) is 0 Å². The van der Waals surface area contributed by atoms with Crippen LogP contribution in [0.3, 0.4) is 0 Å². The summed E-state index contributed by atoms with van der Waals surface area (Å²) in [5, 5.41) is 2.35. The third kappa shape index (κ3) is 5.50. The second-order valence-corrected chi connectivity index (χ2v) is 9.35. The van der Waals surface area contributed by atoms with Crippen molar-refractivity contribution >= 4 is 44.8 Å². The third-order valence-electron chi connectivity index (χ3n) is 6.75. The Morgan fingerprint density at radius 3 is 2.03 bits per heavy atom. The molecule has 9 nitrogen and oxygen atoms in total. The van der Waals surface area contributed by atoms with Crippen LogP contribution in [0.2, 0.25) is 5.02 Å². The Labute approximate surface area is 225 Å². The number of methoxy groups -OCH3 is 2. The van der Waals surface area contributed by atoms with Crippen LogP contribution in [0.25, 0.3) is 21.8 Å². The van der Waals surface area contributed by atoms with Crippen molar-refractivity contribution in [3.63, 3.8) is 0 Å². The molecule has 0 amide bonds. The molecule has 4 heterocycles. The Bertz CT molecular complexity index is 1470. The summed E-state index contributed by atoms with van der Waals surface area (Å²) < 4.78 is 21.7. The van der Waals surface area contributed by atoms with Gasteiger partial charge in [0.1, 0.15) is 11.5 Å². The highest BCUT2D eigenvalue weighted by Crippen LogP contribution is 2.35. The van der Waals surface area contributed by atoms with E-state index in [9.17, 15) is 4.79 Å². The predicted octanol–water partition coefficient (Wildman–Crippen LogP) is 4.11. The molecule has 2 saturated heterocycles. The van der Waals surface area contributed by atoms with Crippen LogP contribution in [-0.4, -0.2) is 76.8 Å². The largest absolute Gasteiger partial charge is 0.495 e. The van der Waals surface area contributed by atoms with Crippen LogP contribution in [0.1, 0.15) is 0 Å².